The molecule has 1 unspecified atom stereocenters. The first-order chi connectivity index (χ1) is 14.1. The van der Waals surface area contributed by atoms with E-state index in [9.17, 15) is 5.11 Å². The van der Waals surface area contributed by atoms with Crippen molar-refractivity contribution in [3.8, 4) is 17.6 Å². The lowest BCUT2D eigenvalue weighted by Gasteiger charge is -2.29. The molecule has 0 radical (unpaired) electrons. The van der Waals surface area contributed by atoms with Crippen molar-refractivity contribution in [2.24, 2.45) is 0 Å². The van der Waals surface area contributed by atoms with Gasteiger partial charge in [0.25, 0.3) is 0 Å². The van der Waals surface area contributed by atoms with E-state index in [1.54, 1.807) is 0 Å². The van der Waals surface area contributed by atoms with Gasteiger partial charge in [-0.05, 0) is 51.1 Å². The molecule has 0 bridgehead atoms. The van der Waals surface area contributed by atoms with Crippen LogP contribution in [0.5, 0.6) is 11.5 Å². The Kier molecular flexibility index (Phi) is 9.65. The number of aliphatic hydroxyl groups is 1. The highest BCUT2D eigenvalue weighted by molar-refractivity contribution is 8.03. The van der Waals surface area contributed by atoms with Crippen LogP contribution in [0.25, 0.3) is 5.70 Å². The van der Waals surface area contributed by atoms with Gasteiger partial charge < -0.3 is 24.8 Å². The monoisotopic (exact) mass is 419 g/mol. The fraction of sp³-hybridized carbons (Fsp3) is 0.591. The summed E-state index contributed by atoms with van der Waals surface area (Å²) < 4.78 is 11.6. The van der Waals surface area contributed by atoms with Gasteiger partial charge in [-0.1, -0.05) is 13.8 Å². The Morgan fingerprint density at radius 2 is 1.86 bits per heavy atom. The maximum Gasteiger partial charge on any atom is 0.161 e. The van der Waals surface area contributed by atoms with E-state index < -0.39 is 6.10 Å². The highest BCUT2D eigenvalue weighted by Gasteiger charge is 2.25. The van der Waals surface area contributed by atoms with Gasteiger partial charge in [-0.15, -0.1) is 11.8 Å². The number of likely N-dealkylation sites (N-methyl/N-ethyl adjacent to an activating group) is 1. The second-order valence-corrected chi connectivity index (χ2v) is 7.70. The van der Waals surface area contributed by atoms with Crippen LogP contribution in [0.3, 0.4) is 0 Å². The number of benzene rings is 1. The maximum atomic E-state index is 11.0. The molecule has 1 aromatic rings. The molecule has 1 heterocycles. The Morgan fingerprint density at radius 3 is 2.45 bits per heavy atom. The molecule has 0 saturated carbocycles. The summed E-state index contributed by atoms with van der Waals surface area (Å²) >= 11 is 1.40. The molecular weight excluding hydrogens is 386 g/mol. The number of thioether (sulfide) groups is 1. The largest absolute Gasteiger partial charge is 0.490 e. The second kappa shape index (κ2) is 12.0. The molecule has 2 N–H and O–H groups in total. The SMILES string of the molecule is CCOc1cc2c(cc1OCC)/C(=C(\SCC#N)C(O)CN(CC)CC)NCC2. The molecule has 1 aromatic carbocycles. The van der Waals surface area contributed by atoms with Crippen molar-refractivity contribution in [2.75, 3.05) is 45.1 Å². The number of nitrogens with zero attached hydrogens (tertiary/aromatic N) is 2. The average molecular weight is 420 g/mol. The molecule has 1 atom stereocenters. The topological polar surface area (TPSA) is 77.8 Å². The number of nitrogens with one attached hydrogen (secondary N) is 1. The highest BCUT2D eigenvalue weighted by Crippen LogP contribution is 2.38. The molecule has 1 aliphatic rings. The smallest absolute Gasteiger partial charge is 0.161 e. The Bertz CT molecular complexity index is 742. The van der Waals surface area contributed by atoms with Crippen LogP contribution in [0, 0.1) is 11.3 Å². The third-order valence-electron chi connectivity index (χ3n) is 4.90. The molecule has 7 heteroatoms. The van der Waals surface area contributed by atoms with Gasteiger partial charge in [-0.3, -0.25) is 0 Å². The third-order valence-corrected chi connectivity index (χ3v) is 5.96. The van der Waals surface area contributed by atoms with E-state index in [-0.39, 0.29) is 0 Å². The molecule has 6 nitrogen and oxygen atoms in total. The van der Waals surface area contributed by atoms with Crippen molar-refractivity contribution in [3.05, 3.63) is 28.2 Å². The number of rotatable bonds is 11. The van der Waals surface area contributed by atoms with Crippen molar-refractivity contribution >= 4 is 17.5 Å². The Hall–Kier alpha value is -1.88. The second-order valence-electron chi connectivity index (χ2n) is 6.69. The van der Waals surface area contributed by atoms with Crippen LogP contribution in [0.4, 0.5) is 0 Å². The standard InChI is InChI=1S/C22H33N3O3S/c1-5-25(6-2)15-18(26)22(29-12-10-23)21-17-14-20(28-8-4)19(27-7-3)13-16(17)9-11-24-21/h13-14,18,24,26H,5-9,11-12,15H2,1-4H3/b22-21+. The van der Waals surface area contributed by atoms with Crippen LogP contribution >= 0.6 is 11.8 Å². The van der Waals surface area contributed by atoms with E-state index in [0.29, 0.717) is 31.3 Å². The minimum Gasteiger partial charge on any atom is -0.490 e. The number of nitriles is 1. The molecule has 29 heavy (non-hydrogen) atoms. The van der Waals surface area contributed by atoms with E-state index in [2.05, 4.69) is 30.1 Å². The zero-order valence-electron chi connectivity index (χ0n) is 18.0. The normalized spacial score (nSPS) is 15.9. The third kappa shape index (κ3) is 6.05. The molecular formula is C22H33N3O3S. The molecule has 0 spiro atoms. The molecule has 0 amide bonds. The van der Waals surface area contributed by atoms with Crippen molar-refractivity contribution < 1.29 is 14.6 Å². The van der Waals surface area contributed by atoms with Crippen LogP contribution in [0.2, 0.25) is 0 Å². The minimum atomic E-state index is -0.663. The van der Waals surface area contributed by atoms with Crippen molar-refractivity contribution in [2.45, 2.75) is 40.2 Å². The Morgan fingerprint density at radius 1 is 1.21 bits per heavy atom. The molecule has 0 aromatic heterocycles. The first-order valence-corrected chi connectivity index (χ1v) is 11.4. The fourth-order valence-corrected chi connectivity index (χ4v) is 4.28. The molecule has 0 saturated heterocycles. The predicted molar refractivity (Wildman–Crippen MR) is 119 cm³/mol. The van der Waals surface area contributed by atoms with Crippen molar-refractivity contribution in [1.82, 2.24) is 10.2 Å². The molecule has 160 valence electrons. The van der Waals surface area contributed by atoms with Gasteiger partial charge in [0.15, 0.2) is 11.5 Å². The zero-order chi connectivity index (χ0) is 21.2. The van der Waals surface area contributed by atoms with Gasteiger partial charge in [-0.25, -0.2) is 0 Å². The predicted octanol–water partition coefficient (Wildman–Crippen LogP) is 3.26. The quantitative estimate of drug-likeness (QED) is 0.570. The Balaban J connectivity index is 2.52. The van der Waals surface area contributed by atoms with E-state index in [4.69, 9.17) is 14.7 Å². The van der Waals surface area contributed by atoms with Crippen molar-refractivity contribution in [1.29, 1.82) is 5.26 Å². The van der Waals surface area contributed by atoms with Crippen LogP contribution in [0.1, 0.15) is 38.8 Å². The average Bonchev–Trinajstić information content (AvgIpc) is 2.73. The number of hydrogen-bond acceptors (Lipinski definition) is 7. The molecule has 1 aliphatic heterocycles. The van der Waals surface area contributed by atoms with Gasteiger partial charge in [0.2, 0.25) is 0 Å². The van der Waals surface area contributed by atoms with Gasteiger partial charge in [0.05, 0.1) is 36.8 Å². The van der Waals surface area contributed by atoms with Gasteiger partial charge >= 0.3 is 0 Å². The number of fused-ring (bicyclic) bond motifs is 1. The number of aliphatic hydroxyl groups excluding tert-OH is 1. The summed E-state index contributed by atoms with van der Waals surface area (Å²) in [6.07, 6.45) is 0.206. The lowest BCUT2D eigenvalue weighted by atomic mass is 9.96. The van der Waals surface area contributed by atoms with E-state index in [0.717, 1.165) is 53.5 Å². The summed E-state index contributed by atoms with van der Waals surface area (Å²) in [5.41, 5.74) is 3.08. The van der Waals surface area contributed by atoms with Gasteiger partial charge in [-0.2, -0.15) is 5.26 Å². The summed E-state index contributed by atoms with van der Waals surface area (Å²) in [6, 6.07) is 6.24. The lowest BCUT2D eigenvalue weighted by Crippen LogP contribution is -2.34. The number of hydrogen-bond donors (Lipinski definition) is 2. The van der Waals surface area contributed by atoms with Crippen LogP contribution in [0.15, 0.2) is 17.0 Å². The van der Waals surface area contributed by atoms with Crippen LogP contribution in [-0.4, -0.2) is 61.3 Å². The van der Waals surface area contributed by atoms with Gasteiger partial charge in [0.1, 0.15) is 0 Å². The molecule has 2 rings (SSSR count). The van der Waals surface area contributed by atoms with Crippen LogP contribution < -0.4 is 14.8 Å². The maximum absolute atomic E-state index is 11.0. The summed E-state index contributed by atoms with van der Waals surface area (Å²) in [4.78, 5) is 3.00. The summed E-state index contributed by atoms with van der Waals surface area (Å²) in [6.45, 7) is 12.3. The summed E-state index contributed by atoms with van der Waals surface area (Å²) in [7, 11) is 0. The van der Waals surface area contributed by atoms with E-state index in [1.807, 2.05) is 26.0 Å². The highest BCUT2D eigenvalue weighted by atomic mass is 32.2. The van der Waals surface area contributed by atoms with E-state index >= 15 is 0 Å². The molecule has 0 fully saturated rings. The van der Waals surface area contributed by atoms with E-state index in [1.165, 1.54) is 11.8 Å². The summed E-state index contributed by atoms with van der Waals surface area (Å²) in [5, 5.41) is 23.6. The van der Waals surface area contributed by atoms with Crippen molar-refractivity contribution in [3.63, 3.8) is 0 Å². The minimum absolute atomic E-state index is 0.292. The first-order valence-electron chi connectivity index (χ1n) is 10.4. The number of ether oxygens (including phenoxy) is 2. The lowest BCUT2D eigenvalue weighted by molar-refractivity contribution is 0.152. The van der Waals surface area contributed by atoms with Crippen LogP contribution in [-0.2, 0) is 6.42 Å². The zero-order valence-corrected chi connectivity index (χ0v) is 18.8. The Labute approximate surface area is 178 Å². The summed E-state index contributed by atoms with van der Waals surface area (Å²) in [5.74, 6) is 1.75. The first kappa shape index (κ1) is 23.4. The van der Waals surface area contributed by atoms with Gasteiger partial charge in [0, 0.05) is 23.6 Å². The molecule has 0 aliphatic carbocycles. The fourth-order valence-electron chi connectivity index (χ4n) is 3.47.